The van der Waals surface area contributed by atoms with E-state index in [1.807, 2.05) is 72.5 Å². The van der Waals surface area contributed by atoms with Gasteiger partial charge in [-0.1, -0.05) is 72.8 Å². The van der Waals surface area contributed by atoms with Gasteiger partial charge in [-0.05, 0) is 35.7 Å². The molecule has 36 heavy (non-hydrogen) atoms. The molecule has 0 spiro atoms. The Hall–Kier alpha value is -3.91. The first-order chi connectivity index (χ1) is 17.3. The number of hydrogen-bond donors (Lipinski definition) is 1. The quantitative estimate of drug-likeness (QED) is 0.294. The van der Waals surface area contributed by atoms with E-state index in [1.54, 1.807) is 0 Å². The number of carbonyl (C=O) groups excluding carboxylic acids is 1. The highest BCUT2D eigenvalue weighted by Crippen LogP contribution is 2.29. The third kappa shape index (κ3) is 6.82. The number of nitrogens with one attached hydrogen (secondary N) is 1. The van der Waals surface area contributed by atoms with Gasteiger partial charge >= 0.3 is 6.18 Å². The Morgan fingerprint density at radius 3 is 2.08 bits per heavy atom. The van der Waals surface area contributed by atoms with Crippen LogP contribution in [-0.4, -0.2) is 15.8 Å². The van der Waals surface area contributed by atoms with Gasteiger partial charge in [0.1, 0.15) is 6.26 Å². The lowest BCUT2D eigenvalue weighted by molar-refractivity contribution is -0.137. The normalized spacial score (nSPS) is 12.5. The first-order valence-corrected chi connectivity index (χ1v) is 11.5. The van der Waals surface area contributed by atoms with Crippen LogP contribution in [0.2, 0.25) is 0 Å². The van der Waals surface area contributed by atoms with Crippen LogP contribution in [0.25, 0.3) is 0 Å². The molecule has 0 aliphatic rings. The molecule has 1 atom stereocenters. The summed E-state index contributed by atoms with van der Waals surface area (Å²) in [5, 5.41) is 2.91. The highest BCUT2D eigenvalue weighted by molar-refractivity contribution is 5.92. The van der Waals surface area contributed by atoms with Crippen LogP contribution in [-0.2, 0) is 25.8 Å². The molecule has 0 saturated carbocycles. The Labute approximate surface area is 207 Å². The number of halogens is 3. The van der Waals surface area contributed by atoms with Crippen molar-refractivity contribution in [1.82, 2.24) is 15.2 Å². The molecular formula is C28H26F3N3O2. The zero-order valence-corrected chi connectivity index (χ0v) is 19.7. The van der Waals surface area contributed by atoms with Gasteiger partial charge in [0.2, 0.25) is 5.89 Å². The molecule has 5 nitrogen and oxygen atoms in total. The summed E-state index contributed by atoms with van der Waals surface area (Å²) in [5.74, 6) is -0.00550. The Morgan fingerprint density at radius 2 is 1.47 bits per heavy atom. The minimum absolute atomic E-state index is 0.168. The number of aromatic nitrogens is 1. The van der Waals surface area contributed by atoms with E-state index in [9.17, 15) is 18.0 Å². The van der Waals surface area contributed by atoms with Gasteiger partial charge in [-0.25, -0.2) is 4.98 Å². The van der Waals surface area contributed by atoms with Crippen molar-refractivity contribution in [2.45, 2.75) is 38.8 Å². The van der Waals surface area contributed by atoms with Crippen molar-refractivity contribution in [3.63, 3.8) is 0 Å². The van der Waals surface area contributed by atoms with Gasteiger partial charge in [-0.3, -0.25) is 9.69 Å². The summed E-state index contributed by atoms with van der Waals surface area (Å²) < 4.78 is 44.4. The summed E-state index contributed by atoms with van der Waals surface area (Å²) in [6.45, 7) is 3.07. The van der Waals surface area contributed by atoms with Crippen LogP contribution in [0.5, 0.6) is 0 Å². The van der Waals surface area contributed by atoms with Crippen LogP contribution < -0.4 is 5.32 Å². The van der Waals surface area contributed by atoms with E-state index < -0.39 is 11.7 Å². The maximum atomic E-state index is 12.9. The van der Waals surface area contributed by atoms with E-state index in [4.69, 9.17) is 4.42 Å². The van der Waals surface area contributed by atoms with Crippen LogP contribution in [0.4, 0.5) is 13.2 Å². The molecule has 4 aromatic rings. The lowest BCUT2D eigenvalue weighted by Crippen LogP contribution is -2.27. The summed E-state index contributed by atoms with van der Waals surface area (Å²) in [6, 6.07) is 24.2. The fourth-order valence-electron chi connectivity index (χ4n) is 3.84. The summed E-state index contributed by atoms with van der Waals surface area (Å²) in [4.78, 5) is 19.0. The minimum atomic E-state index is -4.38. The predicted molar refractivity (Wildman–Crippen MR) is 130 cm³/mol. The van der Waals surface area contributed by atoms with Gasteiger partial charge in [0, 0.05) is 13.1 Å². The van der Waals surface area contributed by atoms with Crippen LogP contribution in [0.3, 0.4) is 0 Å². The number of rotatable bonds is 9. The van der Waals surface area contributed by atoms with Crippen molar-refractivity contribution >= 4 is 5.91 Å². The van der Waals surface area contributed by atoms with E-state index in [1.165, 1.54) is 18.4 Å². The maximum Gasteiger partial charge on any atom is 0.416 e. The number of hydrogen-bond acceptors (Lipinski definition) is 4. The molecule has 0 bridgehead atoms. The van der Waals surface area contributed by atoms with Gasteiger partial charge in [0.15, 0.2) is 5.69 Å². The first kappa shape index (κ1) is 25.2. The van der Waals surface area contributed by atoms with Gasteiger partial charge < -0.3 is 9.73 Å². The van der Waals surface area contributed by atoms with Crippen molar-refractivity contribution in [3.05, 3.63) is 125 Å². The van der Waals surface area contributed by atoms with Gasteiger partial charge in [-0.2, -0.15) is 13.2 Å². The van der Waals surface area contributed by atoms with E-state index in [2.05, 4.69) is 10.3 Å². The van der Waals surface area contributed by atoms with Crippen molar-refractivity contribution < 1.29 is 22.4 Å². The molecule has 0 aliphatic carbocycles. The molecule has 1 amide bonds. The van der Waals surface area contributed by atoms with Crippen molar-refractivity contribution in [1.29, 1.82) is 0 Å². The smallest absolute Gasteiger partial charge is 0.416 e. The maximum absolute atomic E-state index is 12.9. The van der Waals surface area contributed by atoms with E-state index >= 15 is 0 Å². The molecule has 0 saturated heterocycles. The highest BCUT2D eigenvalue weighted by atomic mass is 19.4. The lowest BCUT2D eigenvalue weighted by atomic mass is 10.1. The van der Waals surface area contributed by atoms with Crippen molar-refractivity contribution in [2.75, 3.05) is 0 Å². The minimum Gasteiger partial charge on any atom is -0.447 e. The number of oxazole rings is 1. The fraction of sp³-hybridized carbons (Fsp3) is 0.214. The second-order valence-corrected chi connectivity index (χ2v) is 8.56. The fourth-order valence-corrected chi connectivity index (χ4v) is 3.84. The molecule has 1 aromatic heterocycles. The zero-order chi connectivity index (χ0) is 25.5. The lowest BCUT2D eigenvalue weighted by Gasteiger charge is -2.21. The molecule has 0 aliphatic heterocycles. The second kappa shape index (κ2) is 11.2. The standard InChI is InChI=1S/C28H26F3N3O2/c1-20(23-10-6-3-7-11-23)32-27(35)25-19-36-26(33-25)18-34(16-21-8-4-2-5-9-21)17-22-12-14-24(15-13-22)28(29,30)31/h2-15,19-20H,16-18H2,1H3,(H,32,35). The number of carbonyl (C=O) groups is 1. The molecule has 0 radical (unpaired) electrons. The van der Waals surface area contributed by atoms with Gasteiger partial charge in [0.05, 0.1) is 18.2 Å². The second-order valence-electron chi connectivity index (χ2n) is 8.56. The number of nitrogens with zero attached hydrogens (tertiary/aromatic N) is 2. The SMILES string of the molecule is CC(NC(=O)c1coc(CN(Cc2ccccc2)Cc2ccc(C(F)(F)F)cc2)n1)c1ccccc1. The molecule has 4 rings (SSSR count). The molecular weight excluding hydrogens is 467 g/mol. The predicted octanol–water partition coefficient (Wildman–Crippen LogP) is 6.39. The van der Waals surface area contributed by atoms with Crippen LogP contribution in [0.15, 0.2) is 95.6 Å². The Bertz CT molecular complexity index is 1260. The first-order valence-electron chi connectivity index (χ1n) is 11.5. The summed E-state index contributed by atoms with van der Waals surface area (Å²) >= 11 is 0. The van der Waals surface area contributed by atoms with Gasteiger partial charge in [0.25, 0.3) is 5.91 Å². The monoisotopic (exact) mass is 493 g/mol. The average molecular weight is 494 g/mol. The van der Waals surface area contributed by atoms with Gasteiger partial charge in [-0.15, -0.1) is 0 Å². The Kier molecular flexibility index (Phi) is 7.85. The van der Waals surface area contributed by atoms with E-state index in [0.717, 1.165) is 28.8 Å². The average Bonchev–Trinajstić information content (AvgIpc) is 3.33. The van der Waals surface area contributed by atoms with Crippen molar-refractivity contribution in [3.8, 4) is 0 Å². The summed E-state index contributed by atoms with van der Waals surface area (Å²) in [5.41, 5.74) is 2.21. The highest BCUT2D eigenvalue weighted by Gasteiger charge is 2.30. The summed E-state index contributed by atoms with van der Waals surface area (Å²) in [6.07, 6.45) is -3.06. The summed E-state index contributed by atoms with van der Waals surface area (Å²) in [7, 11) is 0. The van der Waals surface area contributed by atoms with Crippen LogP contribution in [0, 0.1) is 0 Å². The molecule has 1 heterocycles. The molecule has 1 unspecified atom stereocenters. The molecule has 186 valence electrons. The molecule has 1 N–H and O–H groups in total. The number of alkyl halides is 3. The van der Waals surface area contributed by atoms with E-state index in [0.29, 0.717) is 19.0 Å². The third-order valence-corrected chi connectivity index (χ3v) is 5.73. The molecule has 3 aromatic carbocycles. The van der Waals surface area contributed by atoms with E-state index in [-0.39, 0.29) is 24.2 Å². The largest absolute Gasteiger partial charge is 0.447 e. The zero-order valence-electron chi connectivity index (χ0n) is 19.7. The molecule has 8 heteroatoms. The number of amides is 1. The number of benzene rings is 3. The van der Waals surface area contributed by atoms with Crippen LogP contribution in [0.1, 0.15) is 51.6 Å². The third-order valence-electron chi connectivity index (χ3n) is 5.73. The van der Waals surface area contributed by atoms with Crippen molar-refractivity contribution in [2.24, 2.45) is 0 Å². The Morgan fingerprint density at radius 1 is 0.889 bits per heavy atom. The van der Waals surface area contributed by atoms with Crippen LogP contribution >= 0.6 is 0 Å². The topological polar surface area (TPSA) is 58.4 Å². The Balaban J connectivity index is 1.46. The molecule has 0 fully saturated rings.